The van der Waals surface area contributed by atoms with E-state index in [1.165, 1.54) is 0 Å². The molecule has 1 amide bonds. The number of anilines is 1. The number of esters is 1. The van der Waals surface area contributed by atoms with Crippen LogP contribution in [0, 0.1) is 0 Å². The number of thiophene rings is 1. The molecule has 5 nitrogen and oxygen atoms in total. The van der Waals surface area contributed by atoms with E-state index in [1.54, 1.807) is 59.9 Å². The normalized spacial score (nSPS) is 10.3. The fourth-order valence-corrected chi connectivity index (χ4v) is 3.32. The molecule has 3 rings (SSSR count). The van der Waals surface area contributed by atoms with Gasteiger partial charge in [0.15, 0.2) is 12.4 Å². The van der Waals surface area contributed by atoms with Crippen LogP contribution in [-0.2, 0) is 20.7 Å². The SMILES string of the molecule is O=C(COC(=O)CCc1ccsc1)Nc1ccccc1C(=O)c1ccccc1. The minimum Gasteiger partial charge on any atom is -0.456 e. The van der Waals surface area contributed by atoms with Gasteiger partial charge in [0.1, 0.15) is 0 Å². The predicted molar refractivity (Wildman–Crippen MR) is 109 cm³/mol. The van der Waals surface area contributed by atoms with E-state index in [2.05, 4.69) is 5.32 Å². The minimum absolute atomic E-state index is 0.191. The second-order valence-electron chi connectivity index (χ2n) is 6.08. The molecule has 0 bridgehead atoms. The van der Waals surface area contributed by atoms with Crippen molar-refractivity contribution in [3.63, 3.8) is 0 Å². The topological polar surface area (TPSA) is 72.5 Å². The predicted octanol–water partition coefficient (Wildman–Crippen LogP) is 4.09. The molecule has 0 unspecified atom stereocenters. The van der Waals surface area contributed by atoms with Crippen molar-refractivity contribution in [1.29, 1.82) is 0 Å². The van der Waals surface area contributed by atoms with Crippen molar-refractivity contribution >= 4 is 34.7 Å². The van der Waals surface area contributed by atoms with Crippen molar-refractivity contribution in [2.45, 2.75) is 12.8 Å². The van der Waals surface area contributed by atoms with Crippen LogP contribution in [0.5, 0.6) is 0 Å². The van der Waals surface area contributed by atoms with Crippen LogP contribution in [0.4, 0.5) is 5.69 Å². The molecule has 0 saturated heterocycles. The van der Waals surface area contributed by atoms with Gasteiger partial charge in [0.25, 0.3) is 5.91 Å². The third kappa shape index (κ3) is 5.37. The third-order valence-electron chi connectivity index (χ3n) is 4.04. The summed E-state index contributed by atoms with van der Waals surface area (Å²) in [5, 5.41) is 6.57. The average Bonchev–Trinajstić information content (AvgIpc) is 3.25. The molecule has 1 heterocycles. The summed E-state index contributed by atoms with van der Waals surface area (Å²) in [4.78, 5) is 36.6. The highest BCUT2D eigenvalue weighted by atomic mass is 32.1. The molecule has 1 N–H and O–H groups in total. The summed E-state index contributed by atoms with van der Waals surface area (Å²) in [5.74, 6) is -1.11. The van der Waals surface area contributed by atoms with Crippen molar-refractivity contribution in [3.05, 3.63) is 88.1 Å². The number of carbonyl (C=O) groups is 3. The molecule has 0 fully saturated rings. The lowest BCUT2D eigenvalue weighted by molar-refractivity contribution is -0.147. The quantitative estimate of drug-likeness (QED) is 0.462. The Balaban J connectivity index is 1.55. The summed E-state index contributed by atoms with van der Waals surface area (Å²) in [7, 11) is 0. The number of aryl methyl sites for hydroxylation is 1. The molecule has 28 heavy (non-hydrogen) atoms. The summed E-state index contributed by atoms with van der Waals surface area (Å²) < 4.78 is 5.03. The van der Waals surface area contributed by atoms with E-state index < -0.39 is 18.5 Å². The van der Waals surface area contributed by atoms with Gasteiger partial charge in [-0.2, -0.15) is 11.3 Å². The number of ether oxygens (including phenoxy) is 1. The Kier molecular flexibility index (Phi) is 6.70. The fraction of sp³-hybridized carbons (Fsp3) is 0.136. The van der Waals surface area contributed by atoms with Crippen LogP contribution in [-0.4, -0.2) is 24.3 Å². The van der Waals surface area contributed by atoms with Gasteiger partial charge < -0.3 is 10.1 Å². The number of amides is 1. The van der Waals surface area contributed by atoms with Crippen LogP contribution in [0.1, 0.15) is 27.9 Å². The van der Waals surface area contributed by atoms with Crippen LogP contribution in [0.15, 0.2) is 71.4 Å². The Hall–Kier alpha value is -3.25. The van der Waals surface area contributed by atoms with E-state index in [4.69, 9.17) is 4.74 Å². The van der Waals surface area contributed by atoms with E-state index in [0.29, 0.717) is 23.2 Å². The molecule has 0 saturated carbocycles. The lowest BCUT2D eigenvalue weighted by atomic mass is 10.0. The summed E-state index contributed by atoms with van der Waals surface area (Å²) in [6, 6.07) is 17.5. The average molecular weight is 393 g/mol. The Morgan fingerprint density at radius 1 is 0.929 bits per heavy atom. The molecule has 0 aliphatic heterocycles. The van der Waals surface area contributed by atoms with Crippen LogP contribution in [0.25, 0.3) is 0 Å². The first-order chi connectivity index (χ1) is 13.6. The summed E-state index contributed by atoms with van der Waals surface area (Å²) in [6.45, 7) is -0.393. The van der Waals surface area contributed by atoms with Crippen LogP contribution in [0.3, 0.4) is 0 Å². The maximum atomic E-state index is 12.7. The first-order valence-electron chi connectivity index (χ1n) is 8.79. The van der Waals surface area contributed by atoms with Crippen LogP contribution in [0.2, 0.25) is 0 Å². The highest BCUT2D eigenvalue weighted by molar-refractivity contribution is 7.07. The number of carbonyl (C=O) groups excluding carboxylic acids is 3. The van der Waals surface area contributed by atoms with Crippen molar-refractivity contribution in [2.75, 3.05) is 11.9 Å². The molecule has 142 valence electrons. The lowest BCUT2D eigenvalue weighted by Crippen LogP contribution is -2.22. The van der Waals surface area contributed by atoms with Crippen LogP contribution >= 0.6 is 11.3 Å². The zero-order chi connectivity index (χ0) is 19.8. The number of benzene rings is 2. The van der Waals surface area contributed by atoms with E-state index >= 15 is 0 Å². The van der Waals surface area contributed by atoms with E-state index in [-0.39, 0.29) is 12.2 Å². The molecular weight excluding hydrogens is 374 g/mol. The Morgan fingerprint density at radius 3 is 2.43 bits per heavy atom. The Morgan fingerprint density at radius 2 is 1.68 bits per heavy atom. The molecule has 0 radical (unpaired) electrons. The highest BCUT2D eigenvalue weighted by Gasteiger charge is 2.15. The third-order valence-corrected chi connectivity index (χ3v) is 4.78. The largest absolute Gasteiger partial charge is 0.456 e. The van der Waals surface area contributed by atoms with Gasteiger partial charge in [-0.15, -0.1) is 0 Å². The fourth-order valence-electron chi connectivity index (χ4n) is 2.62. The van der Waals surface area contributed by atoms with Crippen molar-refractivity contribution in [2.24, 2.45) is 0 Å². The first-order valence-corrected chi connectivity index (χ1v) is 9.73. The molecule has 0 aliphatic rings. The smallest absolute Gasteiger partial charge is 0.306 e. The Labute approximate surface area is 167 Å². The summed E-state index contributed by atoms with van der Waals surface area (Å²) in [5.41, 5.74) is 2.37. The molecule has 2 aromatic carbocycles. The molecular formula is C22H19NO4S. The second-order valence-corrected chi connectivity index (χ2v) is 6.86. The van der Waals surface area contributed by atoms with Crippen molar-refractivity contribution in [1.82, 2.24) is 0 Å². The second kappa shape index (κ2) is 9.62. The van der Waals surface area contributed by atoms with Gasteiger partial charge in [-0.25, -0.2) is 0 Å². The number of para-hydroxylation sites is 1. The van der Waals surface area contributed by atoms with Crippen molar-refractivity contribution in [3.8, 4) is 0 Å². The summed E-state index contributed by atoms with van der Waals surface area (Å²) in [6.07, 6.45) is 0.797. The number of rotatable bonds is 8. The van der Waals surface area contributed by atoms with E-state index in [0.717, 1.165) is 5.56 Å². The maximum Gasteiger partial charge on any atom is 0.306 e. The molecule has 6 heteroatoms. The molecule has 0 spiro atoms. The van der Waals surface area contributed by atoms with E-state index in [1.807, 2.05) is 22.9 Å². The van der Waals surface area contributed by atoms with Gasteiger partial charge in [0.05, 0.1) is 5.69 Å². The van der Waals surface area contributed by atoms with Gasteiger partial charge in [0.2, 0.25) is 0 Å². The standard InChI is InChI=1S/C22H19NO4S/c24-20(14-27-21(25)11-10-16-12-13-28-15-16)23-19-9-5-4-8-18(19)22(26)17-6-2-1-3-7-17/h1-9,12-13,15H,10-11,14H2,(H,23,24). The number of hydrogen-bond acceptors (Lipinski definition) is 5. The zero-order valence-corrected chi connectivity index (χ0v) is 15.9. The summed E-state index contributed by atoms with van der Waals surface area (Å²) >= 11 is 1.57. The van der Waals surface area contributed by atoms with Gasteiger partial charge in [-0.05, 0) is 40.9 Å². The number of hydrogen-bond donors (Lipinski definition) is 1. The Bertz CT molecular complexity index is 952. The van der Waals surface area contributed by atoms with E-state index in [9.17, 15) is 14.4 Å². The van der Waals surface area contributed by atoms with Gasteiger partial charge in [-0.3, -0.25) is 14.4 Å². The van der Waals surface area contributed by atoms with Crippen LogP contribution < -0.4 is 5.32 Å². The minimum atomic E-state index is -0.489. The number of ketones is 1. The van der Waals surface area contributed by atoms with Crippen molar-refractivity contribution < 1.29 is 19.1 Å². The van der Waals surface area contributed by atoms with Gasteiger partial charge in [-0.1, -0.05) is 42.5 Å². The zero-order valence-electron chi connectivity index (χ0n) is 15.1. The monoisotopic (exact) mass is 393 g/mol. The molecule has 0 aliphatic carbocycles. The molecule has 3 aromatic rings. The molecule has 1 aromatic heterocycles. The molecule has 0 atom stereocenters. The lowest BCUT2D eigenvalue weighted by Gasteiger charge is -2.11. The van der Waals surface area contributed by atoms with Gasteiger partial charge >= 0.3 is 5.97 Å². The first kappa shape index (κ1) is 19.5. The maximum absolute atomic E-state index is 12.7. The highest BCUT2D eigenvalue weighted by Crippen LogP contribution is 2.19. The number of nitrogens with one attached hydrogen (secondary N) is 1. The van der Waals surface area contributed by atoms with Gasteiger partial charge in [0, 0.05) is 17.5 Å².